The van der Waals surface area contributed by atoms with Gasteiger partial charge in [-0.15, -0.1) is 11.3 Å². The van der Waals surface area contributed by atoms with Crippen molar-refractivity contribution in [2.45, 2.75) is 45.6 Å². The van der Waals surface area contributed by atoms with Crippen molar-refractivity contribution in [1.82, 2.24) is 34.6 Å². The molecule has 3 aromatic heterocycles. The maximum atomic E-state index is 14.4. The number of ether oxygens (including phenoxy) is 4. The van der Waals surface area contributed by atoms with Crippen molar-refractivity contribution < 1.29 is 41.7 Å². The molecule has 2 atom stereocenters. The molecule has 15 nitrogen and oxygen atoms in total. The van der Waals surface area contributed by atoms with Crippen LogP contribution in [-0.2, 0) is 34.2 Å². The average Bonchev–Trinajstić information content (AvgIpc) is 3.77. The lowest BCUT2D eigenvalue weighted by Gasteiger charge is -2.35. The minimum Gasteiger partial charge on any atom is -0.490 e. The number of sulfone groups is 1. The van der Waals surface area contributed by atoms with Gasteiger partial charge in [0.05, 0.1) is 32.6 Å². The van der Waals surface area contributed by atoms with Gasteiger partial charge < -0.3 is 29.0 Å². The van der Waals surface area contributed by atoms with E-state index < -0.39 is 33.8 Å². The largest absolute Gasteiger partial charge is 0.490 e. The van der Waals surface area contributed by atoms with Crippen LogP contribution in [0.4, 0.5) is 4.39 Å². The zero-order chi connectivity index (χ0) is 51.0. The second-order valence-electron chi connectivity index (χ2n) is 18.6. The van der Waals surface area contributed by atoms with Crippen LogP contribution in [0.25, 0.3) is 43.2 Å². The Labute approximate surface area is 436 Å². The summed E-state index contributed by atoms with van der Waals surface area (Å²) in [6.07, 6.45) is 0.760. The van der Waals surface area contributed by atoms with Crippen molar-refractivity contribution in [3.63, 3.8) is 0 Å². The lowest BCUT2D eigenvalue weighted by molar-refractivity contribution is -0.145. The van der Waals surface area contributed by atoms with Gasteiger partial charge >= 0.3 is 5.97 Å². The van der Waals surface area contributed by atoms with Crippen molar-refractivity contribution in [1.29, 1.82) is 0 Å². The fourth-order valence-electron chi connectivity index (χ4n) is 9.46. The number of carboxylic acids is 1. The fourth-order valence-corrected chi connectivity index (χ4v) is 12.4. The molecule has 380 valence electrons. The van der Waals surface area contributed by atoms with E-state index in [-0.39, 0.29) is 47.1 Å². The summed E-state index contributed by atoms with van der Waals surface area (Å²) in [4.78, 5) is 39.9. The number of carboxylic acid groups (broad SMARTS) is 1. The SMILES string of the molecule is Cc1c(Cl)c2c(Cl)c(C)c1-c1c(-c3ccc(F)cc3)sc3ncnc(c13)O[C@@H](C(=O)O)Cc1cc(ccc1OCc1ccnc(-c3cccc(CN4CCS(=O)(=O)CC4)c3)n1)OC[C@@H](CN1CCN(C)CC1)O2. The molecule has 0 spiro atoms. The van der Waals surface area contributed by atoms with E-state index in [1.54, 1.807) is 42.6 Å². The first-order chi connectivity index (χ1) is 35.2. The van der Waals surface area contributed by atoms with Crippen LogP contribution < -0.4 is 18.9 Å². The second kappa shape index (κ2) is 21.5. The number of hydrogen-bond donors (Lipinski definition) is 1. The molecule has 2 saturated heterocycles. The van der Waals surface area contributed by atoms with E-state index in [1.807, 2.05) is 38.1 Å². The van der Waals surface area contributed by atoms with E-state index in [0.29, 0.717) is 103 Å². The molecule has 4 bridgehead atoms. The summed E-state index contributed by atoms with van der Waals surface area (Å²) < 4.78 is 64.8. The summed E-state index contributed by atoms with van der Waals surface area (Å²) >= 11 is 16.0. The van der Waals surface area contributed by atoms with Gasteiger partial charge in [0.1, 0.15) is 47.8 Å². The molecule has 0 saturated carbocycles. The molecule has 0 unspecified atom stereocenters. The Morgan fingerprint density at radius 1 is 0.877 bits per heavy atom. The number of nitrogens with zero attached hydrogens (tertiary/aromatic N) is 7. The number of aliphatic carboxylic acids is 1. The van der Waals surface area contributed by atoms with E-state index in [1.165, 1.54) is 29.8 Å². The molecule has 73 heavy (non-hydrogen) atoms. The minimum absolute atomic E-state index is 0.0104. The third-order valence-electron chi connectivity index (χ3n) is 13.5. The van der Waals surface area contributed by atoms with E-state index >= 15 is 0 Å². The van der Waals surface area contributed by atoms with Gasteiger partial charge in [-0.1, -0.05) is 53.5 Å². The lowest BCUT2D eigenvalue weighted by Crippen LogP contribution is -2.49. The summed E-state index contributed by atoms with van der Waals surface area (Å²) in [6, 6.07) is 21.0. The molecule has 20 heteroatoms. The van der Waals surface area contributed by atoms with Crippen molar-refractivity contribution in [2.24, 2.45) is 0 Å². The Hall–Kier alpha value is -5.99. The molecule has 7 heterocycles. The van der Waals surface area contributed by atoms with E-state index in [4.69, 9.17) is 47.1 Å². The van der Waals surface area contributed by atoms with Gasteiger partial charge in [-0.05, 0) is 91.2 Å². The zero-order valence-corrected chi connectivity index (χ0v) is 43.5. The molecule has 0 amide bonds. The number of halogens is 3. The molecule has 2 fully saturated rings. The molecule has 4 aliphatic rings. The predicted octanol–water partition coefficient (Wildman–Crippen LogP) is 8.82. The first-order valence-electron chi connectivity index (χ1n) is 23.9. The van der Waals surface area contributed by atoms with Crippen LogP contribution in [0.2, 0.25) is 10.0 Å². The van der Waals surface area contributed by atoms with Gasteiger partial charge in [0.2, 0.25) is 12.0 Å². The third kappa shape index (κ3) is 11.3. The van der Waals surface area contributed by atoms with Crippen LogP contribution in [0.3, 0.4) is 0 Å². The van der Waals surface area contributed by atoms with Gasteiger partial charge in [-0.2, -0.15) is 0 Å². The Kier molecular flexibility index (Phi) is 14.9. The first-order valence-corrected chi connectivity index (χ1v) is 27.3. The molecular formula is C53H52Cl2FN7O8S2. The Morgan fingerprint density at radius 3 is 2.37 bits per heavy atom. The highest BCUT2D eigenvalue weighted by molar-refractivity contribution is 7.91. The van der Waals surface area contributed by atoms with Gasteiger partial charge in [0, 0.05) is 86.5 Å². The molecule has 1 N–H and O–H groups in total. The van der Waals surface area contributed by atoms with Crippen LogP contribution in [-0.4, -0.2) is 137 Å². The maximum absolute atomic E-state index is 14.4. The number of carbonyl (C=O) groups is 1. The normalized spacial score (nSPS) is 18.7. The monoisotopic (exact) mass is 1070 g/mol. The Balaban J connectivity index is 1.02. The highest BCUT2D eigenvalue weighted by Gasteiger charge is 2.32. The van der Waals surface area contributed by atoms with Crippen LogP contribution in [0.1, 0.15) is 27.9 Å². The molecule has 0 radical (unpaired) electrons. The first kappa shape index (κ1) is 50.5. The fraction of sp³-hybridized carbons (Fsp3) is 0.340. The van der Waals surface area contributed by atoms with Crippen molar-refractivity contribution in [2.75, 3.05) is 71.0 Å². The molecule has 11 rings (SSSR count). The van der Waals surface area contributed by atoms with Gasteiger partial charge in [-0.25, -0.2) is 37.5 Å². The summed E-state index contributed by atoms with van der Waals surface area (Å²) in [6.45, 7) is 9.32. The predicted molar refractivity (Wildman–Crippen MR) is 280 cm³/mol. The zero-order valence-electron chi connectivity index (χ0n) is 40.3. The summed E-state index contributed by atoms with van der Waals surface area (Å²) in [5.41, 5.74) is 6.06. The molecule has 7 aromatic rings. The van der Waals surface area contributed by atoms with E-state index in [9.17, 15) is 22.7 Å². The van der Waals surface area contributed by atoms with Crippen molar-refractivity contribution >= 4 is 60.6 Å². The van der Waals surface area contributed by atoms with Crippen LogP contribution in [0.15, 0.2) is 85.3 Å². The van der Waals surface area contributed by atoms with Crippen LogP contribution >= 0.6 is 34.5 Å². The minimum atomic E-state index is -3.00. The summed E-state index contributed by atoms with van der Waals surface area (Å²) in [5.74, 6) is 0.243. The standard InChI is InChI=1S/C53H52Cl2FN7O8S2/c1-31-43-32(2)47(55)48(46(31)54)70-40(27-62-17-15-61(3)16-18-62)29-68-39-11-12-41(69-28-38-13-14-57-50(60-38)35-6-4-5-33(23-35)26-63-19-21-73(66,67)22-20-63)36(24-39)25-42(53(64)65)71-51-45-44(43)49(72-52(45)59-30-58-51)34-7-9-37(56)10-8-34/h4-14,23-24,30,40,42H,15-22,25-29H2,1-3H3,(H,64,65)/t40-,42-/m1/s1. The lowest BCUT2D eigenvalue weighted by atomic mass is 9.92. The third-order valence-corrected chi connectivity index (χ3v) is 17.1. The van der Waals surface area contributed by atoms with Crippen LogP contribution in [0, 0.1) is 19.7 Å². The number of piperazine rings is 1. The van der Waals surface area contributed by atoms with Crippen LogP contribution in [0.5, 0.6) is 23.1 Å². The molecular weight excluding hydrogens is 1020 g/mol. The molecule has 0 aliphatic carbocycles. The Morgan fingerprint density at radius 2 is 1.63 bits per heavy atom. The number of fused-ring (bicyclic) bond motifs is 7. The average molecular weight is 1070 g/mol. The van der Waals surface area contributed by atoms with E-state index in [0.717, 1.165) is 37.3 Å². The number of aromatic nitrogens is 4. The smallest absolute Gasteiger partial charge is 0.345 e. The highest BCUT2D eigenvalue weighted by atomic mass is 35.5. The van der Waals surface area contributed by atoms with Gasteiger partial charge in [0.15, 0.2) is 21.4 Å². The number of likely N-dealkylation sites (N-methyl/N-ethyl adjacent to an activating group) is 1. The second-order valence-corrected chi connectivity index (χ2v) is 22.7. The van der Waals surface area contributed by atoms with Crippen molar-refractivity contribution in [3.05, 3.63) is 129 Å². The van der Waals surface area contributed by atoms with Gasteiger partial charge in [0.25, 0.3) is 0 Å². The number of thiophene rings is 1. The number of hydrogen-bond acceptors (Lipinski definition) is 15. The van der Waals surface area contributed by atoms with Crippen molar-refractivity contribution in [3.8, 4) is 56.1 Å². The quantitative estimate of drug-likeness (QED) is 0.138. The Bertz CT molecular complexity index is 3280. The summed E-state index contributed by atoms with van der Waals surface area (Å²) in [5, 5.41) is 11.9. The number of benzene rings is 4. The molecule has 4 aromatic carbocycles. The molecule has 4 aliphatic heterocycles. The van der Waals surface area contributed by atoms with Gasteiger partial charge in [-0.3, -0.25) is 9.80 Å². The maximum Gasteiger partial charge on any atom is 0.345 e. The summed E-state index contributed by atoms with van der Waals surface area (Å²) in [7, 11) is -0.903. The van der Waals surface area contributed by atoms with E-state index in [2.05, 4.69) is 36.7 Å². The highest BCUT2D eigenvalue weighted by Crippen LogP contribution is 2.53. The topological polar surface area (TPSA) is 170 Å². The number of rotatable bonds is 10.